The van der Waals surface area contributed by atoms with Crippen molar-refractivity contribution >= 4 is 17.7 Å². The van der Waals surface area contributed by atoms with Crippen LogP contribution in [0.25, 0.3) is 5.69 Å². The van der Waals surface area contributed by atoms with Gasteiger partial charge in [-0.05, 0) is 44.0 Å². The first kappa shape index (κ1) is 24.8. The lowest BCUT2D eigenvalue weighted by Gasteiger charge is -2.25. The molecule has 0 aliphatic heterocycles. The third-order valence-corrected chi connectivity index (χ3v) is 4.55. The van der Waals surface area contributed by atoms with Crippen molar-refractivity contribution in [2.75, 3.05) is 5.32 Å². The highest BCUT2D eigenvalue weighted by molar-refractivity contribution is 5.92. The number of hydrogen-bond acceptors (Lipinski definition) is 4. The van der Waals surface area contributed by atoms with Crippen molar-refractivity contribution in [3.63, 3.8) is 0 Å². The summed E-state index contributed by atoms with van der Waals surface area (Å²) in [5.41, 5.74) is 0.696. The number of alkyl halides is 3. The minimum atomic E-state index is -4.72. The van der Waals surface area contributed by atoms with E-state index in [4.69, 9.17) is 4.74 Å². The van der Waals surface area contributed by atoms with Gasteiger partial charge in [-0.25, -0.2) is 9.48 Å². The first-order valence-electron chi connectivity index (χ1n) is 10.5. The van der Waals surface area contributed by atoms with E-state index < -0.39 is 23.9 Å². The molecule has 2 aromatic carbocycles. The smallest absolute Gasteiger partial charge is 0.412 e. The molecule has 2 amide bonds. The molecule has 3 aromatic rings. The number of halogens is 3. The molecule has 2 N–H and O–H groups in total. The number of carbonyl (C=O) groups excluding carboxylic acids is 2. The molecule has 180 valence electrons. The van der Waals surface area contributed by atoms with Crippen molar-refractivity contribution < 1.29 is 27.5 Å². The van der Waals surface area contributed by atoms with Crippen LogP contribution in [-0.2, 0) is 16.0 Å². The minimum Gasteiger partial charge on any atom is -0.444 e. The SMILES string of the molecule is CC(C)(C)OC(=O)NC(c1ccc(-n2cc(NC(=O)Cc3ccccc3)cn2)cc1)C(F)(F)F. The van der Waals surface area contributed by atoms with Crippen LogP contribution in [0.15, 0.2) is 67.0 Å². The second-order valence-corrected chi connectivity index (χ2v) is 8.60. The lowest BCUT2D eigenvalue weighted by atomic mass is 10.1. The van der Waals surface area contributed by atoms with Crippen molar-refractivity contribution in [2.24, 2.45) is 0 Å². The normalized spacial score (nSPS) is 12.6. The highest BCUT2D eigenvalue weighted by atomic mass is 19.4. The van der Waals surface area contributed by atoms with Gasteiger partial charge >= 0.3 is 12.3 Å². The number of aromatic nitrogens is 2. The highest BCUT2D eigenvalue weighted by Crippen LogP contribution is 2.33. The Bertz CT molecular complexity index is 1120. The van der Waals surface area contributed by atoms with Crippen LogP contribution >= 0.6 is 0 Å². The summed E-state index contributed by atoms with van der Waals surface area (Å²) in [6.45, 7) is 4.69. The van der Waals surface area contributed by atoms with Crippen LogP contribution in [0.5, 0.6) is 0 Å². The van der Waals surface area contributed by atoms with Crippen molar-refractivity contribution in [3.8, 4) is 5.69 Å². The fourth-order valence-electron chi connectivity index (χ4n) is 3.11. The second kappa shape index (κ2) is 9.98. The van der Waals surface area contributed by atoms with Crippen LogP contribution in [0.4, 0.5) is 23.7 Å². The number of carbonyl (C=O) groups is 2. The van der Waals surface area contributed by atoms with Gasteiger partial charge in [0.25, 0.3) is 0 Å². The Labute approximate surface area is 194 Å². The molecule has 34 heavy (non-hydrogen) atoms. The molecular weight excluding hydrogens is 449 g/mol. The van der Waals surface area contributed by atoms with E-state index in [-0.39, 0.29) is 17.9 Å². The standard InChI is InChI=1S/C24H25F3N4O3/c1-23(2,3)34-22(33)30-21(24(25,26)27)17-9-11-19(12-10-17)31-15-18(14-28-31)29-20(32)13-16-7-5-4-6-8-16/h4-12,14-15,21H,13H2,1-3H3,(H,29,32)(H,30,33). The zero-order valence-corrected chi connectivity index (χ0v) is 18.9. The van der Waals surface area contributed by atoms with Crippen LogP contribution in [0.1, 0.15) is 37.9 Å². The van der Waals surface area contributed by atoms with Gasteiger partial charge in [-0.15, -0.1) is 0 Å². The molecule has 0 fully saturated rings. The zero-order valence-electron chi connectivity index (χ0n) is 18.9. The predicted molar refractivity (Wildman–Crippen MR) is 121 cm³/mol. The zero-order chi connectivity index (χ0) is 24.9. The number of amides is 2. The van der Waals surface area contributed by atoms with Gasteiger partial charge in [0.1, 0.15) is 5.60 Å². The fourth-order valence-corrected chi connectivity index (χ4v) is 3.11. The van der Waals surface area contributed by atoms with E-state index >= 15 is 0 Å². The van der Waals surface area contributed by atoms with Crippen LogP contribution in [0.3, 0.4) is 0 Å². The summed E-state index contributed by atoms with van der Waals surface area (Å²) in [6, 6.07) is 12.4. The number of rotatable bonds is 6. The molecule has 0 spiro atoms. The number of benzene rings is 2. The first-order chi connectivity index (χ1) is 15.9. The number of anilines is 1. The third-order valence-electron chi connectivity index (χ3n) is 4.55. The van der Waals surface area contributed by atoms with Crippen molar-refractivity contribution in [3.05, 3.63) is 78.1 Å². The van der Waals surface area contributed by atoms with Gasteiger partial charge in [-0.3, -0.25) is 4.79 Å². The average molecular weight is 474 g/mol. The summed E-state index contributed by atoms with van der Waals surface area (Å²) in [4.78, 5) is 24.1. The lowest BCUT2D eigenvalue weighted by Crippen LogP contribution is -2.41. The summed E-state index contributed by atoms with van der Waals surface area (Å²) in [5.74, 6) is -0.220. The van der Waals surface area contributed by atoms with Crippen LogP contribution in [-0.4, -0.2) is 33.6 Å². The van der Waals surface area contributed by atoms with E-state index in [1.54, 1.807) is 27.0 Å². The Kier molecular flexibility index (Phi) is 7.29. The van der Waals surface area contributed by atoms with E-state index in [1.807, 2.05) is 35.6 Å². The number of alkyl carbamates (subject to hydrolysis) is 1. The maximum Gasteiger partial charge on any atom is 0.412 e. The maximum absolute atomic E-state index is 13.6. The van der Waals surface area contributed by atoms with Crippen LogP contribution < -0.4 is 10.6 Å². The van der Waals surface area contributed by atoms with Gasteiger partial charge in [-0.1, -0.05) is 42.5 Å². The van der Waals surface area contributed by atoms with Crippen molar-refractivity contribution in [1.82, 2.24) is 15.1 Å². The van der Waals surface area contributed by atoms with E-state index in [9.17, 15) is 22.8 Å². The predicted octanol–water partition coefficient (Wildman–Crippen LogP) is 5.18. The molecular formula is C24H25F3N4O3. The number of nitrogens with one attached hydrogen (secondary N) is 2. The van der Waals surface area contributed by atoms with Crippen molar-refractivity contribution in [1.29, 1.82) is 0 Å². The van der Waals surface area contributed by atoms with E-state index in [0.717, 1.165) is 5.56 Å². The molecule has 1 heterocycles. The van der Waals surface area contributed by atoms with Gasteiger partial charge in [0, 0.05) is 0 Å². The summed E-state index contributed by atoms with van der Waals surface area (Å²) in [6.07, 6.45) is -2.69. The summed E-state index contributed by atoms with van der Waals surface area (Å²) in [5, 5.41) is 8.76. The number of nitrogens with zero attached hydrogens (tertiary/aromatic N) is 2. The quantitative estimate of drug-likeness (QED) is 0.516. The third kappa shape index (κ3) is 7.09. The largest absolute Gasteiger partial charge is 0.444 e. The van der Waals surface area contributed by atoms with E-state index in [0.29, 0.717) is 11.4 Å². The number of hydrogen-bond donors (Lipinski definition) is 2. The van der Waals surface area contributed by atoms with Gasteiger partial charge in [0.05, 0.1) is 30.2 Å². The Morgan fingerprint density at radius 1 is 1.03 bits per heavy atom. The molecule has 3 rings (SSSR count). The summed E-state index contributed by atoms with van der Waals surface area (Å²) >= 11 is 0. The maximum atomic E-state index is 13.6. The van der Waals surface area contributed by atoms with E-state index in [1.165, 1.54) is 35.1 Å². The Morgan fingerprint density at radius 2 is 1.68 bits per heavy atom. The van der Waals surface area contributed by atoms with Gasteiger partial charge < -0.3 is 15.4 Å². The first-order valence-corrected chi connectivity index (χ1v) is 10.5. The van der Waals surface area contributed by atoms with Gasteiger partial charge in [0.2, 0.25) is 5.91 Å². The Hall–Kier alpha value is -3.82. The molecule has 0 saturated carbocycles. The molecule has 1 unspecified atom stereocenters. The molecule has 1 atom stereocenters. The van der Waals surface area contributed by atoms with Crippen LogP contribution in [0.2, 0.25) is 0 Å². The second-order valence-electron chi connectivity index (χ2n) is 8.60. The molecule has 10 heteroatoms. The molecule has 7 nitrogen and oxygen atoms in total. The van der Waals surface area contributed by atoms with Gasteiger partial charge in [-0.2, -0.15) is 18.3 Å². The monoisotopic (exact) mass is 474 g/mol. The van der Waals surface area contributed by atoms with Crippen molar-refractivity contribution in [2.45, 2.75) is 45.0 Å². The molecule has 0 aliphatic carbocycles. The van der Waals surface area contributed by atoms with Crippen LogP contribution in [0, 0.1) is 0 Å². The molecule has 0 bridgehead atoms. The summed E-state index contributed by atoms with van der Waals surface area (Å²) < 4.78 is 47.1. The molecule has 0 saturated heterocycles. The Balaban J connectivity index is 1.68. The van der Waals surface area contributed by atoms with E-state index in [2.05, 4.69) is 10.4 Å². The summed E-state index contributed by atoms with van der Waals surface area (Å²) in [7, 11) is 0. The Morgan fingerprint density at radius 3 is 2.26 bits per heavy atom. The molecule has 0 radical (unpaired) electrons. The lowest BCUT2D eigenvalue weighted by molar-refractivity contribution is -0.157. The fraction of sp³-hybridized carbons (Fsp3) is 0.292. The molecule has 1 aromatic heterocycles. The number of ether oxygens (including phenoxy) is 1. The minimum absolute atomic E-state index is 0.161. The van der Waals surface area contributed by atoms with Gasteiger partial charge in [0.15, 0.2) is 6.04 Å². The average Bonchev–Trinajstić information content (AvgIpc) is 3.19. The molecule has 0 aliphatic rings. The topological polar surface area (TPSA) is 85.2 Å². The highest BCUT2D eigenvalue weighted by Gasteiger charge is 2.42.